The molecule has 1 saturated heterocycles. The SMILES string of the molecule is Cc1cccc(NC2=N[C@@H](CC(C)C)C(=O)N2CC(=O)N2CCC[C@H]2C(=O)O)c1. The van der Waals surface area contributed by atoms with Crippen molar-refractivity contribution in [3.63, 3.8) is 0 Å². The van der Waals surface area contributed by atoms with Crippen molar-refractivity contribution in [2.75, 3.05) is 18.4 Å². The Hall–Kier alpha value is -2.90. The van der Waals surface area contributed by atoms with Crippen LogP contribution in [-0.2, 0) is 14.4 Å². The fraction of sp³-hybridized carbons (Fsp3) is 0.524. The predicted octanol–water partition coefficient (Wildman–Crippen LogP) is 2.10. The topological polar surface area (TPSA) is 102 Å². The van der Waals surface area contributed by atoms with Crippen molar-refractivity contribution in [3.8, 4) is 0 Å². The molecule has 0 unspecified atom stereocenters. The number of carboxylic acids is 1. The van der Waals surface area contributed by atoms with Crippen molar-refractivity contribution in [3.05, 3.63) is 29.8 Å². The van der Waals surface area contributed by atoms with Crippen LogP contribution in [-0.4, -0.2) is 63.8 Å². The maximum atomic E-state index is 13.0. The fourth-order valence-corrected chi connectivity index (χ4v) is 3.81. The summed E-state index contributed by atoms with van der Waals surface area (Å²) in [5.74, 6) is -0.988. The number of amides is 2. The highest BCUT2D eigenvalue weighted by atomic mass is 16.4. The molecule has 0 aromatic heterocycles. The first-order valence-electron chi connectivity index (χ1n) is 10.0. The summed E-state index contributed by atoms with van der Waals surface area (Å²) in [6.07, 6.45) is 1.67. The Labute approximate surface area is 170 Å². The quantitative estimate of drug-likeness (QED) is 0.761. The first kappa shape index (κ1) is 20.8. The summed E-state index contributed by atoms with van der Waals surface area (Å²) in [6.45, 7) is 6.19. The number of nitrogens with one attached hydrogen (secondary N) is 1. The lowest BCUT2D eigenvalue weighted by Gasteiger charge is -2.26. The van der Waals surface area contributed by atoms with Gasteiger partial charge in [0.25, 0.3) is 5.91 Å². The number of hydrogen-bond acceptors (Lipinski definition) is 5. The number of hydrogen-bond donors (Lipinski definition) is 2. The fourth-order valence-electron chi connectivity index (χ4n) is 3.81. The summed E-state index contributed by atoms with van der Waals surface area (Å²) >= 11 is 0. The second kappa shape index (κ2) is 8.63. The molecule has 2 aliphatic heterocycles. The van der Waals surface area contributed by atoms with E-state index < -0.39 is 18.1 Å². The second-order valence-electron chi connectivity index (χ2n) is 8.10. The minimum Gasteiger partial charge on any atom is -0.480 e. The van der Waals surface area contributed by atoms with Crippen LogP contribution in [0.2, 0.25) is 0 Å². The van der Waals surface area contributed by atoms with Gasteiger partial charge in [0.05, 0.1) is 0 Å². The van der Waals surface area contributed by atoms with E-state index in [1.165, 1.54) is 9.80 Å². The molecule has 1 aromatic rings. The number of carbonyl (C=O) groups is 3. The Kier molecular flexibility index (Phi) is 6.20. The molecule has 0 radical (unpaired) electrons. The Balaban J connectivity index is 1.80. The van der Waals surface area contributed by atoms with Crippen LogP contribution in [0.15, 0.2) is 29.3 Å². The Bertz CT molecular complexity index is 836. The molecule has 0 aliphatic carbocycles. The monoisotopic (exact) mass is 400 g/mol. The molecule has 3 rings (SSSR count). The van der Waals surface area contributed by atoms with Crippen LogP contribution in [0.5, 0.6) is 0 Å². The summed E-state index contributed by atoms with van der Waals surface area (Å²) in [4.78, 5) is 44.5. The van der Waals surface area contributed by atoms with Crippen molar-refractivity contribution in [2.24, 2.45) is 10.9 Å². The highest BCUT2D eigenvalue weighted by Crippen LogP contribution is 2.22. The average molecular weight is 400 g/mol. The molecule has 1 fully saturated rings. The Morgan fingerprint density at radius 2 is 2.10 bits per heavy atom. The number of carbonyl (C=O) groups excluding carboxylic acids is 2. The third kappa shape index (κ3) is 4.75. The summed E-state index contributed by atoms with van der Waals surface area (Å²) in [5.41, 5.74) is 1.84. The minimum atomic E-state index is -1.01. The number of rotatable bonds is 6. The zero-order chi connectivity index (χ0) is 21.1. The number of aliphatic imine (C=N–C) groups is 1. The summed E-state index contributed by atoms with van der Waals surface area (Å²) in [5, 5.41) is 12.5. The number of carboxylic acid groups (broad SMARTS) is 1. The molecule has 156 valence electrons. The van der Waals surface area contributed by atoms with E-state index in [0.29, 0.717) is 31.8 Å². The average Bonchev–Trinajstić information content (AvgIpc) is 3.23. The largest absolute Gasteiger partial charge is 0.480 e. The molecule has 29 heavy (non-hydrogen) atoms. The van der Waals surface area contributed by atoms with Gasteiger partial charge in [-0.2, -0.15) is 0 Å². The van der Waals surface area contributed by atoms with Gasteiger partial charge in [0.15, 0.2) is 0 Å². The van der Waals surface area contributed by atoms with Crippen LogP contribution in [0.3, 0.4) is 0 Å². The number of aliphatic carboxylic acids is 1. The van der Waals surface area contributed by atoms with Crippen LogP contribution >= 0.6 is 0 Å². The first-order chi connectivity index (χ1) is 13.8. The van der Waals surface area contributed by atoms with E-state index in [1.807, 2.05) is 45.0 Å². The number of benzene rings is 1. The van der Waals surface area contributed by atoms with Crippen molar-refractivity contribution in [2.45, 2.75) is 52.1 Å². The molecular weight excluding hydrogens is 372 g/mol. The number of nitrogens with zero attached hydrogens (tertiary/aromatic N) is 3. The molecule has 0 bridgehead atoms. The van der Waals surface area contributed by atoms with Gasteiger partial charge in [-0.15, -0.1) is 0 Å². The predicted molar refractivity (Wildman–Crippen MR) is 110 cm³/mol. The molecule has 8 nitrogen and oxygen atoms in total. The van der Waals surface area contributed by atoms with Gasteiger partial charge >= 0.3 is 5.97 Å². The molecule has 2 N–H and O–H groups in total. The molecule has 0 spiro atoms. The molecule has 8 heteroatoms. The van der Waals surface area contributed by atoms with Gasteiger partial charge in [-0.1, -0.05) is 26.0 Å². The Morgan fingerprint density at radius 3 is 2.76 bits per heavy atom. The summed E-state index contributed by atoms with van der Waals surface area (Å²) < 4.78 is 0. The van der Waals surface area contributed by atoms with Crippen molar-refractivity contribution in [1.82, 2.24) is 9.80 Å². The summed E-state index contributed by atoms with van der Waals surface area (Å²) in [7, 11) is 0. The molecule has 2 atom stereocenters. The first-order valence-corrected chi connectivity index (χ1v) is 10.0. The van der Waals surface area contributed by atoms with E-state index in [9.17, 15) is 19.5 Å². The van der Waals surface area contributed by atoms with Crippen molar-refractivity contribution < 1.29 is 19.5 Å². The zero-order valence-corrected chi connectivity index (χ0v) is 17.1. The van der Waals surface area contributed by atoms with Gasteiger partial charge in [-0.05, 0) is 49.8 Å². The van der Waals surface area contributed by atoms with Crippen LogP contribution in [0.4, 0.5) is 5.69 Å². The van der Waals surface area contributed by atoms with Crippen molar-refractivity contribution in [1.29, 1.82) is 0 Å². The van der Waals surface area contributed by atoms with Gasteiger partial charge in [0.2, 0.25) is 11.9 Å². The van der Waals surface area contributed by atoms with Gasteiger partial charge in [-0.3, -0.25) is 14.5 Å². The van der Waals surface area contributed by atoms with Crippen LogP contribution in [0.25, 0.3) is 0 Å². The standard InChI is InChI=1S/C21H28N4O4/c1-13(2)10-16-19(27)25(12-18(26)24-9-5-8-17(24)20(28)29)21(23-16)22-15-7-4-6-14(3)11-15/h4,6-7,11,13,16-17H,5,8-10,12H2,1-3H3,(H,22,23)(H,28,29)/t16-,17-/m0/s1. The Morgan fingerprint density at radius 1 is 1.34 bits per heavy atom. The molecular formula is C21H28N4O4. The van der Waals surface area contributed by atoms with E-state index >= 15 is 0 Å². The molecule has 2 amide bonds. The zero-order valence-electron chi connectivity index (χ0n) is 17.1. The number of guanidine groups is 1. The third-order valence-corrected chi connectivity index (χ3v) is 5.21. The highest BCUT2D eigenvalue weighted by Gasteiger charge is 2.40. The van der Waals surface area contributed by atoms with Gasteiger partial charge in [0.1, 0.15) is 18.6 Å². The normalized spacial score (nSPS) is 21.7. The summed E-state index contributed by atoms with van der Waals surface area (Å²) in [6, 6.07) is 6.31. The molecule has 1 aromatic carbocycles. The molecule has 2 aliphatic rings. The maximum absolute atomic E-state index is 13.0. The molecule has 0 saturated carbocycles. The smallest absolute Gasteiger partial charge is 0.326 e. The van der Waals surface area contributed by atoms with Crippen LogP contribution in [0.1, 0.15) is 38.7 Å². The second-order valence-corrected chi connectivity index (χ2v) is 8.10. The molecule has 2 heterocycles. The van der Waals surface area contributed by atoms with Gasteiger partial charge < -0.3 is 15.3 Å². The highest BCUT2D eigenvalue weighted by molar-refractivity contribution is 6.12. The van der Waals surface area contributed by atoms with E-state index in [2.05, 4.69) is 10.3 Å². The van der Waals surface area contributed by atoms with Crippen LogP contribution < -0.4 is 5.32 Å². The number of likely N-dealkylation sites (tertiary alicyclic amines) is 1. The lowest BCUT2D eigenvalue weighted by Crippen LogP contribution is -2.49. The van der Waals surface area contributed by atoms with E-state index in [-0.39, 0.29) is 24.3 Å². The lowest BCUT2D eigenvalue weighted by atomic mass is 10.0. The van der Waals surface area contributed by atoms with E-state index in [0.717, 1.165) is 11.3 Å². The van der Waals surface area contributed by atoms with E-state index in [4.69, 9.17) is 0 Å². The van der Waals surface area contributed by atoms with Gasteiger partial charge in [0, 0.05) is 12.2 Å². The number of aryl methyl sites for hydroxylation is 1. The lowest BCUT2D eigenvalue weighted by molar-refractivity contribution is -0.148. The van der Waals surface area contributed by atoms with E-state index in [1.54, 1.807) is 0 Å². The van der Waals surface area contributed by atoms with Crippen molar-refractivity contribution >= 4 is 29.4 Å². The van der Waals surface area contributed by atoms with Gasteiger partial charge in [-0.25, -0.2) is 9.79 Å². The third-order valence-electron chi connectivity index (χ3n) is 5.21. The maximum Gasteiger partial charge on any atom is 0.326 e. The van der Waals surface area contributed by atoms with Crippen LogP contribution in [0, 0.1) is 12.8 Å². The number of anilines is 1. The minimum absolute atomic E-state index is 0.213.